The van der Waals surface area contributed by atoms with Crippen molar-refractivity contribution in [2.75, 3.05) is 0 Å². The number of fused-ring (bicyclic) bond motifs is 3. The second-order valence-corrected chi connectivity index (χ2v) is 7.76. The average Bonchev–Trinajstić information content (AvgIpc) is 2.83. The lowest BCUT2D eigenvalue weighted by molar-refractivity contribution is 1.66. The molecular formula is C30H20. The lowest BCUT2D eigenvalue weighted by Gasteiger charge is -2.15. The molecular weight excluding hydrogens is 360 g/mol. The Labute approximate surface area is 176 Å². The first-order chi connectivity index (χ1) is 14.9. The Morgan fingerprint density at radius 1 is 0.233 bits per heavy atom. The van der Waals surface area contributed by atoms with Crippen LogP contribution in [0.4, 0.5) is 0 Å². The molecule has 0 unspecified atom stereocenters. The minimum absolute atomic E-state index is 1.28. The van der Waals surface area contributed by atoms with E-state index >= 15 is 0 Å². The molecule has 0 aromatic heterocycles. The summed E-state index contributed by atoms with van der Waals surface area (Å²) in [5.41, 5.74) is 5.14. The van der Waals surface area contributed by atoms with Crippen LogP contribution in [0.5, 0.6) is 0 Å². The zero-order valence-electron chi connectivity index (χ0n) is 16.5. The van der Waals surface area contributed by atoms with E-state index in [0.29, 0.717) is 0 Å². The quantitative estimate of drug-likeness (QED) is 0.282. The minimum atomic E-state index is 1.28. The summed E-state index contributed by atoms with van der Waals surface area (Å²) in [6, 6.07) is 43.8. The summed E-state index contributed by atoms with van der Waals surface area (Å²) < 4.78 is 0. The second kappa shape index (κ2) is 6.86. The van der Waals surface area contributed by atoms with Crippen molar-refractivity contribution < 1.29 is 0 Å². The fourth-order valence-electron chi connectivity index (χ4n) is 4.69. The van der Waals surface area contributed by atoms with Crippen molar-refractivity contribution in [1.29, 1.82) is 0 Å². The molecule has 6 aromatic rings. The van der Waals surface area contributed by atoms with Gasteiger partial charge in [0.25, 0.3) is 0 Å². The zero-order valence-corrected chi connectivity index (χ0v) is 16.5. The van der Waals surface area contributed by atoms with E-state index in [1.54, 1.807) is 0 Å². The van der Waals surface area contributed by atoms with Gasteiger partial charge in [-0.2, -0.15) is 0 Å². The van der Waals surface area contributed by atoms with Gasteiger partial charge in [-0.15, -0.1) is 0 Å². The molecule has 0 nitrogen and oxygen atoms in total. The fourth-order valence-corrected chi connectivity index (χ4v) is 4.69. The van der Waals surface area contributed by atoms with Gasteiger partial charge in [0.1, 0.15) is 0 Å². The van der Waals surface area contributed by atoms with E-state index in [0.717, 1.165) is 0 Å². The Hall–Kier alpha value is -3.90. The van der Waals surface area contributed by atoms with Gasteiger partial charge < -0.3 is 0 Å². The first-order valence-electron chi connectivity index (χ1n) is 10.4. The van der Waals surface area contributed by atoms with Gasteiger partial charge in [-0.05, 0) is 54.6 Å². The normalized spacial score (nSPS) is 11.3. The van der Waals surface area contributed by atoms with Crippen LogP contribution >= 0.6 is 0 Å². The van der Waals surface area contributed by atoms with Crippen molar-refractivity contribution in [1.82, 2.24) is 0 Å². The van der Waals surface area contributed by atoms with Crippen LogP contribution in [0.2, 0.25) is 0 Å². The highest BCUT2D eigenvalue weighted by Gasteiger charge is 2.12. The third-order valence-corrected chi connectivity index (χ3v) is 6.08. The van der Waals surface area contributed by atoms with E-state index in [9.17, 15) is 0 Å². The molecule has 0 bridgehead atoms. The molecule has 0 aliphatic carbocycles. The van der Waals surface area contributed by atoms with Crippen LogP contribution in [0, 0.1) is 0 Å². The molecule has 140 valence electrons. The van der Waals surface area contributed by atoms with Gasteiger partial charge in [0, 0.05) is 0 Å². The van der Waals surface area contributed by atoms with Crippen LogP contribution < -0.4 is 0 Å². The maximum Gasteiger partial charge on any atom is -0.00987 e. The van der Waals surface area contributed by atoms with Crippen LogP contribution in [0.1, 0.15) is 0 Å². The van der Waals surface area contributed by atoms with E-state index < -0.39 is 0 Å². The van der Waals surface area contributed by atoms with Crippen LogP contribution in [0.3, 0.4) is 0 Å². The first kappa shape index (κ1) is 17.0. The third kappa shape index (κ3) is 2.62. The molecule has 6 rings (SSSR count). The van der Waals surface area contributed by atoms with Gasteiger partial charge in [0.2, 0.25) is 0 Å². The predicted molar refractivity (Wildman–Crippen MR) is 130 cm³/mol. The highest BCUT2D eigenvalue weighted by atomic mass is 14.2. The topological polar surface area (TPSA) is 0 Å². The monoisotopic (exact) mass is 380 g/mol. The van der Waals surface area contributed by atoms with Crippen molar-refractivity contribution in [2.45, 2.75) is 0 Å². The second-order valence-electron chi connectivity index (χ2n) is 7.76. The smallest absolute Gasteiger partial charge is 0.00987 e. The standard InChI is InChI=1S/C30H20/c1-3-13-23-21(9-1)11-7-17-25(23)29-19-20-30(28-16-6-5-15-27(28)29)26-18-8-12-22-10-2-4-14-24(22)26/h1-20H. The van der Waals surface area contributed by atoms with Crippen molar-refractivity contribution in [3.8, 4) is 22.3 Å². The summed E-state index contributed by atoms with van der Waals surface area (Å²) in [5.74, 6) is 0. The van der Waals surface area contributed by atoms with Gasteiger partial charge in [-0.25, -0.2) is 0 Å². The van der Waals surface area contributed by atoms with E-state index in [2.05, 4.69) is 121 Å². The molecule has 0 atom stereocenters. The molecule has 0 heterocycles. The van der Waals surface area contributed by atoms with E-state index in [4.69, 9.17) is 0 Å². The molecule has 0 aliphatic heterocycles. The number of hydrogen-bond donors (Lipinski definition) is 0. The highest BCUT2D eigenvalue weighted by molar-refractivity contribution is 6.12. The Morgan fingerprint density at radius 2 is 0.567 bits per heavy atom. The van der Waals surface area contributed by atoms with Crippen LogP contribution in [-0.2, 0) is 0 Å². The van der Waals surface area contributed by atoms with Crippen LogP contribution in [0.25, 0.3) is 54.6 Å². The summed E-state index contributed by atoms with van der Waals surface area (Å²) in [6.07, 6.45) is 0. The maximum absolute atomic E-state index is 2.29. The molecule has 0 amide bonds. The van der Waals surface area contributed by atoms with E-state index in [1.165, 1.54) is 54.6 Å². The van der Waals surface area contributed by atoms with Crippen molar-refractivity contribution in [2.24, 2.45) is 0 Å². The molecule has 0 fully saturated rings. The number of rotatable bonds is 2. The number of benzene rings is 6. The molecule has 0 radical (unpaired) electrons. The number of hydrogen-bond acceptors (Lipinski definition) is 0. The summed E-state index contributed by atoms with van der Waals surface area (Å²) in [7, 11) is 0. The van der Waals surface area contributed by atoms with Crippen molar-refractivity contribution in [3.63, 3.8) is 0 Å². The first-order valence-corrected chi connectivity index (χ1v) is 10.4. The van der Waals surface area contributed by atoms with E-state index in [1.807, 2.05) is 0 Å². The molecule has 0 N–H and O–H groups in total. The Kier molecular flexibility index (Phi) is 3.89. The van der Waals surface area contributed by atoms with E-state index in [-0.39, 0.29) is 0 Å². The Morgan fingerprint density at radius 3 is 1.03 bits per heavy atom. The molecule has 0 heteroatoms. The Bertz CT molecular complexity index is 1410. The molecule has 0 spiro atoms. The van der Waals surface area contributed by atoms with Crippen LogP contribution in [0.15, 0.2) is 121 Å². The zero-order chi connectivity index (χ0) is 19.9. The van der Waals surface area contributed by atoms with Crippen molar-refractivity contribution in [3.05, 3.63) is 121 Å². The van der Waals surface area contributed by atoms with Gasteiger partial charge in [0.05, 0.1) is 0 Å². The maximum atomic E-state index is 2.29. The molecule has 0 saturated heterocycles. The summed E-state index contributed by atoms with van der Waals surface area (Å²) in [6.45, 7) is 0. The summed E-state index contributed by atoms with van der Waals surface area (Å²) >= 11 is 0. The molecule has 30 heavy (non-hydrogen) atoms. The van der Waals surface area contributed by atoms with Crippen molar-refractivity contribution >= 4 is 32.3 Å². The highest BCUT2D eigenvalue weighted by Crippen LogP contribution is 2.39. The van der Waals surface area contributed by atoms with Crippen LogP contribution in [-0.4, -0.2) is 0 Å². The summed E-state index contributed by atoms with van der Waals surface area (Å²) in [5, 5.41) is 7.72. The fraction of sp³-hybridized carbons (Fsp3) is 0. The van der Waals surface area contributed by atoms with Gasteiger partial charge in [-0.3, -0.25) is 0 Å². The largest absolute Gasteiger partial charge is 0.0616 e. The lowest BCUT2D eigenvalue weighted by atomic mass is 9.89. The van der Waals surface area contributed by atoms with Gasteiger partial charge in [0.15, 0.2) is 0 Å². The minimum Gasteiger partial charge on any atom is -0.0616 e. The molecule has 0 saturated carbocycles. The van der Waals surface area contributed by atoms with Gasteiger partial charge in [-0.1, -0.05) is 121 Å². The lowest BCUT2D eigenvalue weighted by Crippen LogP contribution is -1.88. The third-order valence-electron chi connectivity index (χ3n) is 6.08. The summed E-state index contributed by atoms with van der Waals surface area (Å²) in [4.78, 5) is 0. The predicted octanol–water partition coefficient (Wildman–Crippen LogP) is 8.48. The Balaban J connectivity index is 1.67. The molecule has 6 aromatic carbocycles. The van der Waals surface area contributed by atoms with Gasteiger partial charge >= 0.3 is 0 Å². The SMILES string of the molecule is c1ccc2c(-c3ccc(-c4cccc5ccccc45)c4ccccc34)cccc2c1. The average molecular weight is 380 g/mol. The molecule has 0 aliphatic rings.